The molecule has 2 saturated heterocycles. The molecule has 0 saturated carbocycles. The van der Waals surface area contributed by atoms with Gasteiger partial charge in [-0.05, 0) is 37.0 Å². The van der Waals surface area contributed by atoms with Crippen molar-refractivity contribution in [2.45, 2.75) is 18.9 Å². The van der Waals surface area contributed by atoms with Crippen molar-refractivity contribution >= 4 is 11.8 Å². The Balaban J connectivity index is 1.52. The highest BCUT2D eigenvalue weighted by atomic mass is 16.3. The Hall–Kier alpha value is -2.50. The SMILES string of the molecule is O=C(c1ccco1)N1C[C@H]2CCCN(C(=O)c3ccoc3)[C@H]2C1. The van der Waals surface area contributed by atoms with E-state index < -0.39 is 0 Å². The van der Waals surface area contributed by atoms with Crippen LogP contribution in [0.15, 0.2) is 45.8 Å². The molecule has 2 aromatic rings. The molecule has 0 aliphatic carbocycles. The molecule has 2 aliphatic heterocycles. The molecule has 6 nitrogen and oxygen atoms in total. The Morgan fingerprint density at radius 3 is 2.78 bits per heavy atom. The topological polar surface area (TPSA) is 66.9 Å². The fourth-order valence-electron chi connectivity index (χ4n) is 3.71. The van der Waals surface area contributed by atoms with Crippen LogP contribution in [-0.4, -0.2) is 47.3 Å². The number of carbonyl (C=O) groups excluding carboxylic acids is 2. The lowest BCUT2D eigenvalue weighted by Gasteiger charge is -2.36. The van der Waals surface area contributed by atoms with Crippen LogP contribution in [0.5, 0.6) is 0 Å². The Bertz CT molecular complexity index is 692. The van der Waals surface area contributed by atoms with E-state index in [9.17, 15) is 9.59 Å². The molecule has 0 aromatic carbocycles. The Kier molecular flexibility index (Phi) is 3.44. The fraction of sp³-hybridized carbons (Fsp3) is 0.412. The number of rotatable bonds is 2. The van der Waals surface area contributed by atoms with E-state index in [4.69, 9.17) is 8.83 Å². The van der Waals surface area contributed by atoms with E-state index in [1.54, 1.807) is 23.1 Å². The summed E-state index contributed by atoms with van der Waals surface area (Å²) in [5, 5.41) is 0. The molecule has 2 amide bonds. The maximum absolute atomic E-state index is 12.7. The van der Waals surface area contributed by atoms with Crippen LogP contribution in [-0.2, 0) is 0 Å². The smallest absolute Gasteiger partial charge is 0.289 e. The largest absolute Gasteiger partial charge is 0.472 e. The number of amides is 2. The third-order valence-corrected chi connectivity index (χ3v) is 4.83. The van der Waals surface area contributed by atoms with Gasteiger partial charge in [-0.25, -0.2) is 0 Å². The number of hydrogen-bond acceptors (Lipinski definition) is 4. The average molecular weight is 314 g/mol. The zero-order chi connectivity index (χ0) is 15.8. The van der Waals surface area contributed by atoms with Crippen LogP contribution in [0.3, 0.4) is 0 Å². The van der Waals surface area contributed by atoms with Crippen molar-refractivity contribution in [1.82, 2.24) is 9.80 Å². The van der Waals surface area contributed by atoms with Crippen LogP contribution in [0, 0.1) is 5.92 Å². The van der Waals surface area contributed by atoms with Gasteiger partial charge in [-0.3, -0.25) is 9.59 Å². The molecule has 0 bridgehead atoms. The molecule has 0 N–H and O–H groups in total. The number of piperidine rings is 1. The van der Waals surface area contributed by atoms with Crippen molar-refractivity contribution in [3.63, 3.8) is 0 Å². The van der Waals surface area contributed by atoms with Crippen LogP contribution < -0.4 is 0 Å². The van der Waals surface area contributed by atoms with Crippen molar-refractivity contribution in [2.24, 2.45) is 5.92 Å². The molecule has 0 radical (unpaired) electrons. The van der Waals surface area contributed by atoms with Crippen molar-refractivity contribution in [3.05, 3.63) is 48.3 Å². The van der Waals surface area contributed by atoms with Gasteiger partial charge in [0.15, 0.2) is 5.76 Å². The van der Waals surface area contributed by atoms with Gasteiger partial charge in [-0.1, -0.05) is 0 Å². The molecule has 0 spiro atoms. The zero-order valence-electron chi connectivity index (χ0n) is 12.7. The molecule has 2 aromatic heterocycles. The fourth-order valence-corrected chi connectivity index (χ4v) is 3.71. The molecule has 6 heteroatoms. The van der Waals surface area contributed by atoms with Gasteiger partial charge in [-0.15, -0.1) is 0 Å². The number of nitrogens with zero attached hydrogens (tertiary/aromatic N) is 2. The molecule has 4 heterocycles. The first-order valence-electron chi connectivity index (χ1n) is 7.90. The van der Waals surface area contributed by atoms with Crippen LogP contribution in [0.2, 0.25) is 0 Å². The minimum Gasteiger partial charge on any atom is -0.472 e. The second-order valence-electron chi connectivity index (χ2n) is 6.17. The van der Waals surface area contributed by atoms with Gasteiger partial charge in [-0.2, -0.15) is 0 Å². The summed E-state index contributed by atoms with van der Waals surface area (Å²) in [5.74, 6) is 0.579. The summed E-state index contributed by atoms with van der Waals surface area (Å²) < 4.78 is 10.2. The van der Waals surface area contributed by atoms with E-state index in [1.165, 1.54) is 18.8 Å². The third-order valence-electron chi connectivity index (χ3n) is 4.83. The van der Waals surface area contributed by atoms with Gasteiger partial charge in [0.05, 0.1) is 24.1 Å². The second-order valence-corrected chi connectivity index (χ2v) is 6.17. The van der Waals surface area contributed by atoms with Crippen LogP contribution in [0.25, 0.3) is 0 Å². The Morgan fingerprint density at radius 1 is 1.13 bits per heavy atom. The monoisotopic (exact) mass is 314 g/mol. The molecule has 2 fully saturated rings. The normalized spacial score (nSPS) is 23.8. The van der Waals surface area contributed by atoms with Crippen molar-refractivity contribution in [3.8, 4) is 0 Å². The molecule has 2 atom stereocenters. The summed E-state index contributed by atoms with van der Waals surface area (Å²) in [4.78, 5) is 28.8. The first-order valence-corrected chi connectivity index (χ1v) is 7.90. The van der Waals surface area contributed by atoms with Gasteiger partial charge >= 0.3 is 0 Å². The predicted octanol–water partition coefficient (Wildman–Crippen LogP) is 2.25. The first kappa shape index (κ1) is 14.1. The van der Waals surface area contributed by atoms with Gasteiger partial charge in [0.1, 0.15) is 6.26 Å². The lowest BCUT2D eigenvalue weighted by Crippen LogP contribution is -2.48. The summed E-state index contributed by atoms with van der Waals surface area (Å²) in [6, 6.07) is 5.15. The van der Waals surface area contributed by atoms with Gasteiger partial charge < -0.3 is 18.6 Å². The quantitative estimate of drug-likeness (QED) is 0.852. The van der Waals surface area contributed by atoms with Crippen molar-refractivity contribution < 1.29 is 18.4 Å². The lowest BCUT2D eigenvalue weighted by molar-refractivity contribution is 0.0562. The van der Waals surface area contributed by atoms with Gasteiger partial charge in [0.2, 0.25) is 0 Å². The average Bonchev–Trinajstić information content (AvgIpc) is 3.33. The van der Waals surface area contributed by atoms with Gasteiger partial charge in [0.25, 0.3) is 11.8 Å². The maximum Gasteiger partial charge on any atom is 0.289 e. The number of likely N-dealkylation sites (tertiary alicyclic amines) is 2. The highest BCUT2D eigenvalue weighted by Gasteiger charge is 2.43. The highest BCUT2D eigenvalue weighted by Crippen LogP contribution is 2.32. The summed E-state index contributed by atoms with van der Waals surface area (Å²) in [7, 11) is 0. The molecular formula is C17H18N2O4. The maximum atomic E-state index is 12.7. The standard InChI is InChI=1S/C17H18N2O4/c20-16(13-5-8-22-11-13)19-6-1-3-12-9-18(10-14(12)19)17(21)15-4-2-7-23-15/h2,4-5,7-8,11-12,14H,1,3,6,9-10H2/t12-,14+/m1/s1. The van der Waals surface area contributed by atoms with Crippen LogP contribution in [0.1, 0.15) is 33.8 Å². The Morgan fingerprint density at radius 2 is 2.04 bits per heavy atom. The molecule has 0 unspecified atom stereocenters. The second kappa shape index (κ2) is 5.61. The van der Waals surface area contributed by atoms with Crippen molar-refractivity contribution in [2.75, 3.05) is 19.6 Å². The molecule has 23 heavy (non-hydrogen) atoms. The summed E-state index contributed by atoms with van der Waals surface area (Å²) in [6.07, 6.45) is 6.50. The number of carbonyl (C=O) groups is 2. The molecule has 120 valence electrons. The first-order chi connectivity index (χ1) is 11.2. The van der Waals surface area contributed by atoms with E-state index in [2.05, 4.69) is 0 Å². The predicted molar refractivity (Wildman–Crippen MR) is 80.9 cm³/mol. The Labute approximate surface area is 133 Å². The van der Waals surface area contributed by atoms with E-state index in [0.717, 1.165) is 19.4 Å². The minimum absolute atomic E-state index is 0.0132. The summed E-state index contributed by atoms with van der Waals surface area (Å²) in [5.41, 5.74) is 0.571. The van der Waals surface area contributed by atoms with E-state index >= 15 is 0 Å². The van der Waals surface area contributed by atoms with Crippen molar-refractivity contribution in [1.29, 1.82) is 0 Å². The molecular weight excluding hydrogens is 296 g/mol. The van der Waals surface area contributed by atoms with E-state index in [0.29, 0.717) is 30.3 Å². The lowest BCUT2D eigenvalue weighted by atomic mass is 9.91. The van der Waals surface area contributed by atoms with E-state index in [1.807, 2.05) is 4.90 Å². The summed E-state index contributed by atoms with van der Waals surface area (Å²) >= 11 is 0. The van der Waals surface area contributed by atoms with E-state index in [-0.39, 0.29) is 17.9 Å². The van der Waals surface area contributed by atoms with Gasteiger partial charge in [0, 0.05) is 19.6 Å². The third kappa shape index (κ3) is 2.44. The van der Waals surface area contributed by atoms with Crippen LogP contribution >= 0.6 is 0 Å². The van der Waals surface area contributed by atoms with Crippen LogP contribution in [0.4, 0.5) is 0 Å². The molecule has 4 rings (SSSR count). The zero-order valence-corrected chi connectivity index (χ0v) is 12.7. The number of hydrogen-bond donors (Lipinski definition) is 0. The number of furan rings is 2. The number of fused-ring (bicyclic) bond motifs is 1. The summed E-state index contributed by atoms with van der Waals surface area (Å²) in [6.45, 7) is 1.97. The highest BCUT2D eigenvalue weighted by molar-refractivity contribution is 5.94. The minimum atomic E-state index is -0.0971. The molecule has 2 aliphatic rings.